The molecular formula is C24H20ClNO2S. The fourth-order valence-electron chi connectivity index (χ4n) is 3.16. The number of rotatable bonds is 7. The van der Waals surface area contributed by atoms with Crippen LogP contribution in [0.2, 0.25) is 5.02 Å². The molecule has 3 aromatic carbocycles. The number of fused-ring (bicyclic) bond motifs is 1. The lowest BCUT2D eigenvalue weighted by Gasteiger charge is -2.05. The van der Waals surface area contributed by atoms with Crippen LogP contribution in [0.4, 0.5) is 0 Å². The maximum absolute atomic E-state index is 12.2. The third kappa shape index (κ3) is 5.03. The molecule has 0 unspecified atom stereocenters. The molecule has 146 valence electrons. The summed E-state index contributed by atoms with van der Waals surface area (Å²) in [4.78, 5) is 13.3. The minimum atomic E-state index is -0.214. The SMILES string of the molecule is O=C(CSc1cn(Cc2ccc(Cl)cc2)c2ccccc12)OCc1ccccc1. The van der Waals surface area contributed by atoms with Crippen LogP contribution in [0.5, 0.6) is 0 Å². The van der Waals surface area contributed by atoms with Gasteiger partial charge in [0.05, 0.1) is 5.75 Å². The van der Waals surface area contributed by atoms with Gasteiger partial charge in [0.15, 0.2) is 0 Å². The maximum Gasteiger partial charge on any atom is 0.316 e. The van der Waals surface area contributed by atoms with Crippen LogP contribution < -0.4 is 0 Å². The van der Waals surface area contributed by atoms with Crippen molar-refractivity contribution in [3.8, 4) is 0 Å². The van der Waals surface area contributed by atoms with E-state index in [-0.39, 0.29) is 11.7 Å². The van der Waals surface area contributed by atoms with Gasteiger partial charge in [-0.2, -0.15) is 0 Å². The predicted octanol–water partition coefficient (Wildman–Crippen LogP) is 6.18. The van der Waals surface area contributed by atoms with Crippen molar-refractivity contribution in [2.45, 2.75) is 18.0 Å². The average molecular weight is 422 g/mol. The van der Waals surface area contributed by atoms with E-state index >= 15 is 0 Å². The molecule has 3 nitrogen and oxygen atoms in total. The number of nitrogens with zero attached hydrogens (tertiary/aromatic N) is 1. The highest BCUT2D eigenvalue weighted by Crippen LogP contribution is 2.30. The summed E-state index contributed by atoms with van der Waals surface area (Å²) in [6, 6.07) is 25.8. The monoisotopic (exact) mass is 421 g/mol. The predicted molar refractivity (Wildman–Crippen MR) is 119 cm³/mol. The molecule has 1 aromatic heterocycles. The fraction of sp³-hybridized carbons (Fsp3) is 0.125. The van der Waals surface area contributed by atoms with E-state index < -0.39 is 0 Å². The van der Waals surface area contributed by atoms with Crippen molar-refractivity contribution in [1.29, 1.82) is 0 Å². The summed E-state index contributed by atoms with van der Waals surface area (Å²) in [5.74, 6) is 0.0651. The Bertz CT molecular complexity index is 1110. The molecule has 0 spiro atoms. The molecule has 0 aliphatic carbocycles. The highest BCUT2D eigenvalue weighted by Gasteiger charge is 2.12. The summed E-state index contributed by atoms with van der Waals surface area (Å²) in [5.41, 5.74) is 3.31. The quantitative estimate of drug-likeness (QED) is 0.264. The third-order valence-electron chi connectivity index (χ3n) is 4.61. The van der Waals surface area contributed by atoms with Crippen LogP contribution in [0, 0.1) is 0 Å². The van der Waals surface area contributed by atoms with Gasteiger partial charge in [0.2, 0.25) is 0 Å². The number of esters is 1. The van der Waals surface area contributed by atoms with Crippen LogP contribution in [0.1, 0.15) is 11.1 Å². The van der Waals surface area contributed by atoms with Crippen LogP contribution in [-0.2, 0) is 22.7 Å². The number of para-hydroxylation sites is 1. The number of benzene rings is 3. The van der Waals surface area contributed by atoms with Crippen molar-refractivity contribution in [3.63, 3.8) is 0 Å². The van der Waals surface area contributed by atoms with Gasteiger partial charge in [0.1, 0.15) is 6.61 Å². The van der Waals surface area contributed by atoms with Crippen LogP contribution in [0.15, 0.2) is 90.0 Å². The smallest absolute Gasteiger partial charge is 0.316 e. The van der Waals surface area contributed by atoms with Gasteiger partial charge < -0.3 is 9.30 Å². The molecule has 0 atom stereocenters. The highest BCUT2D eigenvalue weighted by molar-refractivity contribution is 8.00. The van der Waals surface area contributed by atoms with E-state index in [4.69, 9.17) is 16.3 Å². The lowest BCUT2D eigenvalue weighted by atomic mass is 10.2. The molecule has 0 aliphatic rings. The molecule has 0 saturated carbocycles. The first-order valence-electron chi connectivity index (χ1n) is 9.34. The molecule has 0 N–H and O–H groups in total. The number of carbonyl (C=O) groups is 1. The Morgan fingerprint density at radius 1 is 0.897 bits per heavy atom. The second-order valence-electron chi connectivity index (χ2n) is 6.70. The number of aromatic nitrogens is 1. The molecule has 0 saturated heterocycles. The standard InChI is InChI=1S/C24H20ClNO2S/c25-20-12-10-18(11-13-20)14-26-15-23(21-8-4-5-9-22(21)26)29-17-24(27)28-16-19-6-2-1-3-7-19/h1-13,15H,14,16-17H2. The average Bonchev–Trinajstić information content (AvgIpc) is 3.11. The molecule has 0 amide bonds. The van der Waals surface area contributed by atoms with E-state index in [2.05, 4.69) is 22.9 Å². The lowest BCUT2D eigenvalue weighted by Crippen LogP contribution is -2.07. The molecule has 4 rings (SSSR count). The van der Waals surface area contributed by atoms with Gasteiger partial charge in [-0.1, -0.05) is 72.3 Å². The summed E-state index contributed by atoms with van der Waals surface area (Å²) in [6.07, 6.45) is 2.11. The summed E-state index contributed by atoms with van der Waals surface area (Å²) >= 11 is 7.51. The topological polar surface area (TPSA) is 31.2 Å². The third-order valence-corrected chi connectivity index (χ3v) is 5.87. The Labute approximate surface area is 179 Å². The summed E-state index contributed by atoms with van der Waals surface area (Å²) < 4.78 is 7.60. The minimum absolute atomic E-state index is 0.214. The van der Waals surface area contributed by atoms with Crippen molar-refractivity contribution < 1.29 is 9.53 Å². The Hall–Kier alpha value is -2.69. The van der Waals surface area contributed by atoms with Crippen LogP contribution in [0.25, 0.3) is 10.9 Å². The Morgan fingerprint density at radius 2 is 1.62 bits per heavy atom. The summed E-state index contributed by atoms with van der Waals surface area (Å²) in [5, 5.41) is 1.87. The van der Waals surface area contributed by atoms with Crippen molar-refractivity contribution in [1.82, 2.24) is 4.57 Å². The van der Waals surface area contributed by atoms with Gasteiger partial charge >= 0.3 is 5.97 Å². The number of thioether (sulfide) groups is 1. The molecule has 0 radical (unpaired) electrons. The largest absolute Gasteiger partial charge is 0.460 e. The number of halogens is 1. The Morgan fingerprint density at radius 3 is 2.41 bits per heavy atom. The fourth-order valence-corrected chi connectivity index (χ4v) is 4.17. The lowest BCUT2D eigenvalue weighted by molar-refractivity contribution is -0.141. The van der Waals surface area contributed by atoms with Crippen LogP contribution in [-0.4, -0.2) is 16.3 Å². The first-order chi connectivity index (χ1) is 14.2. The second-order valence-corrected chi connectivity index (χ2v) is 8.15. The first kappa shape index (κ1) is 19.6. The Kier molecular flexibility index (Phi) is 6.23. The van der Waals surface area contributed by atoms with E-state index in [0.717, 1.165) is 32.9 Å². The van der Waals surface area contributed by atoms with Crippen LogP contribution in [0.3, 0.4) is 0 Å². The zero-order valence-corrected chi connectivity index (χ0v) is 17.3. The van der Waals surface area contributed by atoms with E-state index in [1.807, 2.05) is 66.7 Å². The molecule has 0 fully saturated rings. The summed E-state index contributed by atoms with van der Waals surface area (Å²) in [6.45, 7) is 1.05. The normalized spacial score (nSPS) is 10.9. The molecule has 0 aliphatic heterocycles. The molecule has 0 bridgehead atoms. The number of ether oxygens (including phenoxy) is 1. The molecule has 1 heterocycles. The van der Waals surface area contributed by atoms with Gasteiger partial charge in [-0.05, 0) is 29.3 Å². The van der Waals surface area contributed by atoms with E-state index in [0.29, 0.717) is 6.61 Å². The highest BCUT2D eigenvalue weighted by atomic mass is 35.5. The molecule has 4 aromatic rings. The number of carbonyl (C=O) groups excluding carboxylic acids is 1. The van der Waals surface area contributed by atoms with Gasteiger partial charge in [-0.3, -0.25) is 4.79 Å². The molecule has 5 heteroatoms. The Balaban J connectivity index is 1.44. The van der Waals surface area contributed by atoms with Gasteiger partial charge in [-0.25, -0.2) is 0 Å². The zero-order valence-electron chi connectivity index (χ0n) is 15.8. The maximum atomic E-state index is 12.2. The minimum Gasteiger partial charge on any atom is -0.460 e. The van der Waals surface area contributed by atoms with Crippen molar-refractivity contribution >= 4 is 40.2 Å². The van der Waals surface area contributed by atoms with Crippen molar-refractivity contribution in [2.75, 3.05) is 5.75 Å². The van der Waals surface area contributed by atoms with Crippen molar-refractivity contribution in [2.24, 2.45) is 0 Å². The summed E-state index contributed by atoms with van der Waals surface area (Å²) in [7, 11) is 0. The van der Waals surface area contributed by atoms with E-state index in [1.54, 1.807) is 0 Å². The number of hydrogen-bond acceptors (Lipinski definition) is 3. The number of hydrogen-bond donors (Lipinski definition) is 0. The molecule has 29 heavy (non-hydrogen) atoms. The van der Waals surface area contributed by atoms with Crippen LogP contribution >= 0.6 is 23.4 Å². The van der Waals surface area contributed by atoms with Gasteiger partial charge in [0.25, 0.3) is 0 Å². The zero-order chi connectivity index (χ0) is 20.1. The van der Waals surface area contributed by atoms with Crippen molar-refractivity contribution in [3.05, 3.63) is 101 Å². The van der Waals surface area contributed by atoms with Gasteiger partial charge in [-0.15, -0.1) is 11.8 Å². The van der Waals surface area contributed by atoms with Gasteiger partial charge in [0, 0.05) is 33.6 Å². The van der Waals surface area contributed by atoms with E-state index in [9.17, 15) is 4.79 Å². The molecular weight excluding hydrogens is 402 g/mol. The first-order valence-corrected chi connectivity index (χ1v) is 10.7. The van der Waals surface area contributed by atoms with E-state index in [1.165, 1.54) is 17.3 Å². The second kappa shape index (κ2) is 9.21.